The molecule has 0 saturated carbocycles. The fourth-order valence-electron chi connectivity index (χ4n) is 1.77. The molecule has 17 heavy (non-hydrogen) atoms. The van der Waals surface area contributed by atoms with Gasteiger partial charge < -0.3 is 4.90 Å². The first kappa shape index (κ1) is 12.4. The number of nitrogens with zero attached hydrogens (tertiary/aromatic N) is 3. The molecule has 0 radical (unpaired) electrons. The highest BCUT2D eigenvalue weighted by atomic mass is 35.5. The highest BCUT2D eigenvalue weighted by Crippen LogP contribution is 2.28. The Balaban J connectivity index is 2.27. The van der Waals surface area contributed by atoms with Gasteiger partial charge in [0.15, 0.2) is 0 Å². The monoisotopic (exact) mass is 273 g/mol. The number of rotatable bonds is 3. The summed E-state index contributed by atoms with van der Waals surface area (Å²) in [7, 11) is 1.90. The van der Waals surface area contributed by atoms with Crippen molar-refractivity contribution in [1.29, 1.82) is 0 Å². The number of anilines is 1. The predicted octanol–water partition coefficient (Wildman–Crippen LogP) is 2.58. The van der Waals surface area contributed by atoms with Gasteiger partial charge in [-0.25, -0.2) is 4.98 Å². The Hall–Kier alpha value is -1.01. The second-order valence-electron chi connectivity index (χ2n) is 3.89. The number of hydrogen-bond acceptors (Lipinski definition) is 5. The van der Waals surface area contributed by atoms with Crippen LogP contribution < -0.4 is 4.90 Å². The molecule has 0 N–H and O–H groups in total. The molecule has 0 amide bonds. The molecule has 1 saturated heterocycles. The van der Waals surface area contributed by atoms with Crippen molar-refractivity contribution in [3.8, 4) is 0 Å². The molecule has 1 aliphatic heterocycles. The topological polar surface area (TPSA) is 59.3 Å². The zero-order valence-corrected chi connectivity index (χ0v) is 10.9. The maximum atomic E-state index is 10.7. The maximum absolute atomic E-state index is 10.7. The van der Waals surface area contributed by atoms with Crippen LogP contribution in [0.2, 0.25) is 5.15 Å². The Kier molecular flexibility index (Phi) is 3.73. The fraction of sp³-hybridized carbons (Fsp3) is 0.500. The summed E-state index contributed by atoms with van der Waals surface area (Å²) < 4.78 is 0. The molecule has 1 aromatic heterocycles. The number of halogens is 1. The van der Waals surface area contributed by atoms with E-state index in [9.17, 15) is 10.1 Å². The Bertz CT molecular complexity index is 438. The molecule has 5 nitrogen and oxygen atoms in total. The molecule has 0 spiro atoms. The van der Waals surface area contributed by atoms with E-state index in [0.29, 0.717) is 11.9 Å². The third-order valence-electron chi connectivity index (χ3n) is 2.79. The quantitative estimate of drug-likeness (QED) is 0.481. The first-order valence-corrected chi connectivity index (χ1v) is 6.74. The van der Waals surface area contributed by atoms with Gasteiger partial charge in [-0.2, -0.15) is 11.8 Å². The second-order valence-corrected chi connectivity index (χ2v) is 5.43. The molecule has 1 aliphatic rings. The number of thioether (sulfide) groups is 1. The average molecular weight is 274 g/mol. The molecule has 7 heteroatoms. The maximum Gasteiger partial charge on any atom is 0.276 e. The van der Waals surface area contributed by atoms with Gasteiger partial charge in [0.1, 0.15) is 11.0 Å². The molecule has 1 fully saturated rings. The van der Waals surface area contributed by atoms with Crippen molar-refractivity contribution in [2.45, 2.75) is 12.5 Å². The van der Waals surface area contributed by atoms with Crippen molar-refractivity contribution >= 4 is 34.9 Å². The lowest BCUT2D eigenvalue weighted by Gasteiger charge is -2.24. The molecular weight excluding hydrogens is 262 g/mol. The molecule has 0 aromatic carbocycles. The van der Waals surface area contributed by atoms with E-state index in [2.05, 4.69) is 4.98 Å². The van der Waals surface area contributed by atoms with Gasteiger partial charge >= 0.3 is 0 Å². The SMILES string of the molecule is CN(c1cc([N+](=O)[O-])cc(Cl)n1)C1CCSC1. The lowest BCUT2D eigenvalue weighted by atomic mass is 10.2. The standard InChI is InChI=1S/C10H12ClN3O2S/c1-13(7-2-3-17-6-7)10-5-8(14(15)16)4-9(11)12-10/h4-5,7H,2-3,6H2,1H3. The summed E-state index contributed by atoms with van der Waals surface area (Å²) in [6, 6.07) is 3.11. The first-order chi connectivity index (χ1) is 8.08. The Labute approximate surface area is 108 Å². The minimum Gasteiger partial charge on any atom is -0.356 e. The van der Waals surface area contributed by atoms with Gasteiger partial charge in [0.2, 0.25) is 0 Å². The molecule has 1 atom stereocenters. The minimum absolute atomic E-state index is 0.0162. The number of nitro groups is 1. The van der Waals surface area contributed by atoms with Crippen LogP contribution >= 0.6 is 23.4 Å². The Morgan fingerprint density at radius 1 is 1.65 bits per heavy atom. The summed E-state index contributed by atoms with van der Waals surface area (Å²) in [5.74, 6) is 2.72. The van der Waals surface area contributed by atoms with Gasteiger partial charge in [-0.05, 0) is 12.2 Å². The molecule has 2 heterocycles. The number of pyridine rings is 1. The minimum atomic E-state index is -0.450. The third kappa shape index (κ3) is 2.81. The van der Waals surface area contributed by atoms with Crippen LogP contribution in [0.3, 0.4) is 0 Å². The van der Waals surface area contributed by atoms with Gasteiger partial charge in [-0.3, -0.25) is 10.1 Å². The van der Waals surface area contributed by atoms with Crippen LogP contribution in [0.25, 0.3) is 0 Å². The zero-order valence-electron chi connectivity index (χ0n) is 9.30. The molecule has 0 aliphatic carbocycles. The fourth-order valence-corrected chi connectivity index (χ4v) is 3.24. The van der Waals surface area contributed by atoms with Crippen LogP contribution in [-0.2, 0) is 0 Å². The van der Waals surface area contributed by atoms with Crippen LogP contribution in [0.4, 0.5) is 11.5 Å². The molecule has 92 valence electrons. The van der Waals surface area contributed by atoms with E-state index in [1.165, 1.54) is 12.1 Å². The van der Waals surface area contributed by atoms with Crippen molar-refractivity contribution in [2.24, 2.45) is 0 Å². The van der Waals surface area contributed by atoms with E-state index in [1.807, 2.05) is 23.7 Å². The zero-order chi connectivity index (χ0) is 12.4. The van der Waals surface area contributed by atoms with Crippen molar-refractivity contribution < 1.29 is 4.92 Å². The van der Waals surface area contributed by atoms with Crippen LogP contribution in [-0.4, -0.2) is 34.5 Å². The van der Waals surface area contributed by atoms with Crippen molar-refractivity contribution in [1.82, 2.24) is 4.98 Å². The highest BCUT2D eigenvalue weighted by Gasteiger charge is 2.23. The van der Waals surface area contributed by atoms with Gasteiger partial charge in [0, 0.05) is 18.8 Å². The molecular formula is C10H12ClN3O2S. The van der Waals surface area contributed by atoms with Crippen molar-refractivity contribution in [2.75, 3.05) is 23.5 Å². The van der Waals surface area contributed by atoms with Gasteiger partial charge in [-0.1, -0.05) is 11.6 Å². The smallest absolute Gasteiger partial charge is 0.276 e. The van der Waals surface area contributed by atoms with Crippen LogP contribution in [0.1, 0.15) is 6.42 Å². The van der Waals surface area contributed by atoms with E-state index >= 15 is 0 Å². The van der Waals surface area contributed by atoms with Gasteiger partial charge in [0.05, 0.1) is 17.1 Å². The first-order valence-electron chi connectivity index (χ1n) is 5.20. The largest absolute Gasteiger partial charge is 0.356 e. The lowest BCUT2D eigenvalue weighted by molar-refractivity contribution is -0.384. The molecule has 0 bridgehead atoms. The summed E-state index contributed by atoms with van der Waals surface area (Å²) >= 11 is 7.68. The van der Waals surface area contributed by atoms with Crippen molar-refractivity contribution in [3.63, 3.8) is 0 Å². The Morgan fingerprint density at radius 2 is 2.41 bits per heavy atom. The highest BCUT2D eigenvalue weighted by molar-refractivity contribution is 7.99. The third-order valence-corrected chi connectivity index (χ3v) is 4.13. The molecule has 2 rings (SSSR count). The number of hydrogen-bond donors (Lipinski definition) is 0. The van der Waals surface area contributed by atoms with Crippen LogP contribution in [0.15, 0.2) is 12.1 Å². The summed E-state index contributed by atoms with van der Waals surface area (Å²) in [5, 5.41) is 10.9. The van der Waals surface area contributed by atoms with E-state index in [-0.39, 0.29) is 10.8 Å². The summed E-state index contributed by atoms with van der Waals surface area (Å²) in [6.07, 6.45) is 1.07. The predicted molar refractivity (Wildman–Crippen MR) is 70.0 cm³/mol. The molecule has 1 aromatic rings. The normalized spacial score (nSPS) is 19.3. The van der Waals surface area contributed by atoms with Gasteiger partial charge in [0.25, 0.3) is 5.69 Å². The average Bonchev–Trinajstić information content (AvgIpc) is 2.80. The lowest BCUT2D eigenvalue weighted by Crippen LogP contribution is -2.31. The second kappa shape index (κ2) is 5.10. The number of aromatic nitrogens is 1. The van der Waals surface area contributed by atoms with Gasteiger partial charge in [-0.15, -0.1) is 0 Å². The van der Waals surface area contributed by atoms with E-state index in [1.54, 1.807) is 0 Å². The summed E-state index contributed by atoms with van der Waals surface area (Å²) in [4.78, 5) is 16.4. The molecule has 1 unspecified atom stereocenters. The van der Waals surface area contributed by atoms with E-state index in [0.717, 1.165) is 17.9 Å². The van der Waals surface area contributed by atoms with Crippen LogP contribution in [0, 0.1) is 10.1 Å². The van der Waals surface area contributed by atoms with E-state index in [4.69, 9.17) is 11.6 Å². The van der Waals surface area contributed by atoms with Crippen LogP contribution in [0.5, 0.6) is 0 Å². The van der Waals surface area contributed by atoms with Crippen molar-refractivity contribution in [3.05, 3.63) is 27.4 Å². The Morgan fingerprint density at radius 3 is 3.00 bits per heavy atom. The van der Waals surface area contributed by atoms with E-state index < -0.39 is 4.92 Å². The summed E-state index contributed by atoms with van der Waals surface area (Å²) in [6.45, 7) is 0. The summed E-state index contributed by atoms with van der Waals surface area (Å²) in [5.41, 5.74) is -0.0162.